The van der Waals surface area contributed by atoms with Crippen LogP contribution in [0.3, 0.4) is 0 Å². The summed E-state index contributed by atoms with van der Waals surface area (Å²) in [5.74, 6) is 2.59. The Kier molecular flexibility index (Phi) is 3.92. The van der Waals surface area contributed by atoms with E-state index in [1.54, 1.807) is 5.57 Å². The largest absolute Gasteiger partial charge is 0.396 e. The fourth-order valence-corrected chi connectivity index (χ4v) is 5.81. The third kappa shape index (κ3) is 2.35. The predicted molar refractivity (Wildman–Crippen MR) is 88.3 cm³/mol. The Balaban J connectivity index is 1.86. The fraction of sp³-hybridized carbons (Fsp3) is 0.842. The summed E-state index contributed by atoms with van der Waals surface area (Å²) < 4.78 is 0. The van der Waals surface area contributed by atoms with Crippen molar-refractivity contribution in [3.05, 3.63) is 11.6 Å². The molecule has 0 aromatic rings. The molecule has 3 rings (SSSR count). The van der Waals surface area contributed by atoms with Gasteiger partial charge in [0.05, 0.1) is 6.21 Å². The van der Waals surface area contributed by atoms with Gasteiger partial charge in [-0.05, 0) is 66.8 Å². The van der Waals surface area contributed by atoms with Crippen LogP contribution in [0.4, 0.5) is 0 Å². The first-order chi connectivity index (χ1) is 10.0. The van der Waals surface area contributed by atoms with E-state index in [-0.39, 0.29) is 0 Å². The standard InChI is InChI=1S/C19H31NO/c1-5-13-21-20-12-9-15-14-7-8-16-17(14)18(2,3)10-6-11-19(15,16)4/h9,12,14,16-17H,5-8,10-11,13H2,1-4H3/b15-9?,20-12+/t14-,16-,17+,19-/m1/s1. The van der Waals surface area contributed by atoms with Crippen LogP contribution < -0.4 is 0 Å². The monoisotopic (exact) mass is 289 g/mol. The lowest BCUT2D eigenvalue weighted by molar-refractivity contribution is 0.141. The average molecular weight is 289 g/mol. The van der Waals surface area contributed by atoms with E-state index < -0.39 is 0 Å². The van der Waals surface area contributed by atoms with Crippen LogP contribution in [0, 0.1) is 28.6 Å². The van der Waals surface area contributed by atoms with E-state index in [1.165, 1.54) is 32.1 Å². The van der Waals surface area contributed by atoms with E-state index in [2.05, 4.69) is 38.9 Å². The quantitative estimate of drug-likeness (QED) is 0.396. The summed E-state index contributed by atoms with van der Waals surface area (Å²) in [5, 5.41) is 4.11. The van der Waals surface area contributed by atoms with Gasteiger partial charge < -0.3 is 4.84 Å². The smallest absolute Gasteiger partial charge is 0.116 e. The van der Waals surface area contributed by atoms with Crippen LogP contribution in [0.2, 0.25) is 0 Å². The Morgan fingerprint density at radius 1 is 1.24 bits per heavy atom. The molecule has 3 saturated carbocycles. The van der Waals surface area contributed by atoms with Gasteiger partial charge in [0, 0.05) is 0 Å². The second-order valence-corrected chi connectivity index (χ2v) is 8.29. The number of oxime groups is 1. The molecule has 3 aliphatic carbocycles. The van der Waals surface area contributed by atoms with Crippen molar-refractivity contribution in [2.24, 2.45) is 33.7 Å². The van der Waals surface area contributed by atoms with Crippen molar-refractivity contribution in [1.82, 2.24) is 0 Å². The van der Waals surface area contributed by atoms with Crippen LogP contribution in [0.1, 0.15) is 66.2 Å². The van der Waals surface area contributed by atoms with Crippen molar-refractivity contribution in [3.8, 4) is 0 Å². The van der Waals surface area contributed by atoms with Crippen LogP contribution in [-0.4, -0.2) is 12.8 Å². The SMILES string of the molecule is CCCO/N=C/C=C1[C@H]2CC[C@@H]3[C@H]2C(C)(C)CCC[C@]13C. The second-order valence-electron chi connectivity index (χ2n) is 8.29. The number of allylic oxidation sites excluding steroid dienone is 2. The highest BCUT2D eigenvalue weighted by Crippen LogP contribution is 2.70. The highest BCUT2D eigenvalue weighted by atomic mass is 16.6. The van der Waals surface area contributed by atoms with E-state index >= 15 is 0 Å². The van der Waals surface area contributed by atoms with Gasteiger partial charge in [-0.2, -0.15) is 0 Å². The van der Waals surface area contributed by atoms with Gasteiger partial charge in [0.2, 0.25) is 0 Å². The van der Waals surface area contributed by atoms with Crippen molar-refractivity contribution < 1.29 is 4.84 Å². The Bertz CT molecular complexity index is 450. The molecule has 3 fully saturated rings. The topological polar surface area (TPSA) is 21.6 Å². The van der Waals surface area contributed by atoms with Gasteiger partial charge in [0.1, 0.15) is 6.61 Å². The molecule has 0 aliphatic heterocycles. The minimum atomic E-state index is 0.429. The molecule has 0 aromatic carbocycles. The maximum atomic E-state index is 5.26. The molecule has 0 aromatic heterocycles. The summed E-state index contributed by atoms with van der Waals surface area (Å²) in [5.41, 5.74) is 2.62. The summed E-state index contributed by atoms with van der Waals surface area (Å²) >= 11 is 0. The lowest BCUT2D eigenvalue weighted by atomic mass is 9.68. The van der Waals surface area contributed by atoms with Gasteiger partial charge >= 0.3 is 0 Å². The summed E-state index contributed by atoms with van der Waals surface area (Å²) in [6.45, 7) is 10.4. The Morgan fingerprint density at radius 2 is 2.05 bits per heavy atom. The zero-order chi connectivity index (χ0) is 15.1. The highest BCUT2D eigenvalue weighted by molar-refractivity contribution is 5.72. The minimum absolute atomic E-state index is 0.429. The molecule has 0 spiro atoms. The van der Waals surface area contributed by atoms with E-state index in [4.69, 9.17) is 4.84 Å². The van der Waals surface area contributed by atoms with E-state index in [9.17, 15) is 0 Å². The van der Waals surface area contributed by atoms with Crippen LogP contribution in [-0.2, 0) is 4.84 Å². The molecule has 4 bridgehead atoms. The molecular formula is C19H31NO. The van der Waals surface area contributed by atoms with Gasteiger partial charge in [-0.15, -0.1) is 0 Å². The summed E-state index contributed by atoms with van der Waals surface area (Å²) in [6.07, 6.45) is 12.2. The minimum Gasteiger partial charge on any atom is -0.396 e. The van der Waals surface area contributed by atoms with E-state index in [0.29, 0.717) is 10.8 Å². The Hall–Kier alpha value is -0.790. The van der Waals surface area contributed by atoms with Crippen LogP contribution >= 0.6 is 0 Å². The summed E-state index contributed by atoms with van der Waals surface area (Å²) in [6, 6.07) is 0. The van der Waals surface area contributed by atoms with E-state index in [0.717, 1.165) is 30.8 Å². The molecule has 0 amide bonds. The van der Waals surface area contributed by atoms with Crippen LogP contribution in [0.5, 0.6) is 0 Å². The molecule has 2 heteroatoms. The first-order valence-corrected chi connectivity index (χ1v) is 8.86. The zero-order valence-electron chi connectivity index (χ0n) is 14.2. The lowest BCUT2D eigenvalue weighted by Gasteiger charge is -2.36. The summed E-state index contributed by atoms with van der Waals surface area (Å²) in [4.78, 5) is 5.26. The number of nitrogens with zero attached hydrogens (tertiary/aromatic N) is 1. The Morgan fingerprint density at radius 3 is 2.81 bits per heavy atom. The van der Waals surface area contributed by atoms with Gasteiger partial charge in [-0.1, -0.05) is 44.8 Å². The molecule has 2 nitrogen and oxygen atoms in total. The third-order valence-corrected chi connectivity index (χ3v) is 6.64. The highest BCUT2D eigenvalue weighted by Gasteiger charge is 2.62. The molecule has 0 unspecified atom stereocenters. The van der Waals surface area contributed by atoms with Crippen LogP contribution in [0.15, 0.2) is 16.8 Å². The van der Waals surface area contributed by atoms with Gasteiger partial charge in [0.15, 0.2) is 0 Å². The molecule has 3 aliphatic rings. The van der Waals surface area contributed by atoms with Crippen molar-refractivity contribution in [2.45, 2.75) is 66.2 Å². The maximum absolute atomic E-state index is 5.26. The second kappa shape index (κ2) is 5.44. The Labute approximate surface area is 130 Å². The van der Waals surface area contributed by atoms with E-state index in [1.807, 2.05) is 6.21 Å². The average Bonchev–Trinajstić information content (AvgIpc) is 2.92. The molecular weight excluding hydrogens is 258 g/mol. The fourth-order valence-electron chi connectivity index (χ4n) is 5.81. The number of rotatable bonds is 4. The van der Waals surface area contributed by atoms with Crippen molar-refractivity contribution in [1.29, 1.82) is 0 Å². The van der Waals surface area contributed by atoms with Gasteiger partial charge in [0.25, 0.3) is 0 Å². The first kappa shape index (κ1) is 15.1. The molecule has 0 radical (unpaired) electrons. The number of hydrogen-bond donors (Lipinski definition) is 0. The zero-order valence-corrected chi connectivity index (χ0v) is 14.2. The van der Waals surface area contributed by atoms with Crippen molar-refractivity contribution >= 4 is 6.21 Å². The van der Waals surface area contributed by atoms with Crippen molar-refractivity contribution in [2.75, 3.05) is 6.61 Å². The molecule has 0 N–H and O–H groups in total. The molecule has 4 atom stereocenters. The van der Waals surface area contributed by atoms with Gasteiger partial charge in [-0.3, -0.25) is 0 Å². The molecule has 21 heavy (non-hydrogen) atoms. The molecule has 0 heterocycles. The predicted octanol–water partition coefficient (Wildman–Crippen LogP) is 5.20. The molecule has 0 saturated heterocycles. The summed E-state index contributed by atoms with van der Waals surface area (Å²) in [7, 11) is 0. The van der Waals surface area contributed by atoms with Crippen LogP contribution in [0.25, 0.3) is 0 Å². The number of hydrogen-bond acceptors (Lipinski definition) is 2. The maximum Gasteiger partial charge on any atom is 0.116 e. The van der Waals surface area contributed by atoms with Gasteiger partial charge in [-0.25, -0.2) is 0 Å². The first-order valence-electron chi connectivity index (χ1n) is 8.86. The molecule has 118 valence electrons. The third-order valence-electron chi connectivity index (χ3n) is 6.64. The lowest BCUT2D eigenvalue weighted by Crippen LogP contribution is -2.28. The van der Waals surface area contributed by atoms with Crippen molar-refractivity contribution in [3.63, 3.8) is 0 Å². The normalized spacial score (nSPS) is 42.7.